The van der Waals surface area contributed by atoms with Gasteiger partial charge in [0.2, 0.25) is 0 Å². The first-order valence-corrected chi connectivity index (χ1v) is 7.57. The van der Waals surface area contributed by atoms with Crippen molar-refractivity contribution in [1.29, 1.82) is 0 Å². The van der Waals surface area contributed by atoms with Crippen LogP contribution in [-0.4, -0.2) is 22.8 Å². The van der Waals surface area contributed by atoms with Crippen molar-refractivity contribution < 1.29 is 4.79 Å². The molecule has 0 aliphatic rings. The maximum atomic E-state index is 12.1. The van der Waals surface area contributed by atoms with Crippen LogP contribution in [0.25, 0.3) is 10.2 Å². The van der Waals surface area contributed by atoms with Gasteiger partial charge in [0.25, 0.3) is 5.91 Å². The molecule has 0 aliphatic carbocycles. The smallest absolute Gasteiger partial charge is 0.264 e. The Labute approximate surface area is 119 Å². The summed E-state index contributed by atoms with van der Waals surface area (Å²) in [4.78, 5) is 19.2. The van der Waals surface area contributed by atoms with Crippen LogP contribution in [0.1, 0.15) is 14.7 Å². The summed E-state index contributed by atoms with van der Waals surface area (Å²) in [6.07, 6.45) is 0. The lowest BCUT2D eigenvalue weighted by atomic mass is 10.3. The molecule has 0 saturated heterocycles. The van der Waals surface area contributed by atoms with E-state index in [1.165, 1.54) is 11.3 Å². The molecule has 0 atom stereocenters. The number of aromatic nitrogens is 1. The van der Waals surface area contributed by atoms with Crippen molar-refractivity contribution in [2.24, 2.45) is 0 Å². The van der Waals surface area contributed by atoms with Crippen molar-refractivity contribution in [3.8, 4) is 0 Å². The minimum Gasteiger partial charge on any atom is -0.334 e. The van der Waals surface area contributed by atoms with Gasteiger partial charge in [0.15, 0.2) is 0 Å². The second-order valence-corrected chi connectivity index (χ2v) is 6.28. The zero-order valence-electron chi connectivity index (χ0n) is 10.4. The fourth-order valence-corrected chi connectivity index (χ4v) is 3.59. The first-order chi connectivity index (χ1) is 9.24. The Hall–Kier alpha value is -1.72. The Bertz CT molecular complexity index is 670. The largest absolute Gasteiger partial charge is 0.334 e. The summed E-state index contributed by atoms with van der Waals surface area (Å²) in [6.45, 7) is 0.552. The first-order valence-electron chi connectivity index (χ1n) is 5.87. The van der Waals surface area contributed by atoms with E-state index in [1.807, 2.05) is 42.8 Å². The van der Waals surface area contributed by atoms with Crippen LogP contribution in [0.2, 0.25) is 0 Å². The Morgan fingerprint density at radius 2 is 2.11 bits per heavy atom. The van der Waals surface area contributed by atoms with Crippen LogP contribution >= 0.6 is 22.7 Å². The van der Waals surface area contributed by atoms with Crippen LogP contribution in [0.3, 0.4) is 0 Å². The second-order valence-electron chi connectivity index (χ2n) is 4.21. The minimum atomic E-state index is 0.0502. The highest BCUT2D eigenvalue weighted by molar-refractivity contribution is 7.18. The van der Waals surface area contributed by atoms with E-state index >= 15 is 0 Å². The highest BCUT2D eigenvalue weighted by Gasteiger charge is 2.14. The zero-order chi connectivity index (χ0) is 13.2. The molecule has 5 heteroatoms. The van der Waals surface area contributed by atoms with E-state index in [4.69, 9.17) is 0 Å². The topological polar surface area (TPSA) is 33.2 Å². The number of para-hydroxylation sites is 1. The van der Waals surface area contributed by atoms with E-state index in [1.54, 1.807) is 16.2 Å². The van der Waals surface area contributed by atoms with Gasteiger partial charge >= 0.3 is 0 Å². The van der Waals surface area contributed by atoms with Crippen molar-refractivity contribution in [1.82, 2.24) is 9.88 Å². The van der Waals surface area contributed by atoms with E-state index < -0.39 is 0 Å². The number of thiophene rings is 1. The van der Waals surface area contributed by atoms with Crippen molar-refractivity contribution in [3.05, 3.63) is 51.7 Å². The molecule has 0 saturated carbocycles. The van der Waals surface area contributed by atoms with Crippen LogP contribution in [-0.2, 0) is 6.54 Å². The van der Waals surface area contributed by atoms with Gasteiger partial charge in [-0.2, -0.15) is 0 Å². The second kappa shape index (κ2) is 5.11. The van der Waals surface area contributed by atoms with Gasteiger partial charge in [-0.25, -0.2) is 4.98 Å². The van der Waals surface area contributed by atoms with E-state index in [0.717, 1.165) is 20.1 Å². The van der Waals surface area contributed by atoms with E-state index in [0.29, 0.717) is 6.54 Å². The van der Waals surface area contributed by atoms with Crippen LogP contribution in [0.15, 0.2) is 41.8 Å². The number of rotatable bonds is 3. The molecule has 0 aliphatic heterocycles. The molecule has 0 N–H and O–H groups in total. The van der Waals surface area contributed by atoms with Gasteiger partial charge in [-0.3, -0.25) is 4.79 Å². The van der Waals surface area contributed by atoms with Gasteiger partial charge in [-0.15, -0.1) is 22.7 Å². The summed E-state index contributed by atoms with van der Waals surface area (Å²) in [5.41, 5.74) is 1.000. The first kappa shape index (κ1) is 12.3. The van der Waals surface area contributed by atoms with Crippen LogP contribution in [0.4, 0.5) is 0 Å². The Morgan fingerprint density at radius 3 is 2.84 bits per heavy atom. The molecule has 0 radical (unpaired) electrons. The summed E-state index contributed by atoms with van der Waals surface area (Å²) < 4.78 is 1.16. The SMILES string of the molecule is CN(Cc1nc2ccccc2s1)C(=O)c1cccs1. The fraction of sp³-hybridized carbons (Fsp3) is 0.143. The molecule has 1 aromatic carbocycles. The number of carbonyl (C=O) groups excluding carboxylic acids is 1. The number of benzene rings is 1. The van der Waals surface area contributed by atoms with Crippen molar-refractivity contribution in [2.45, 2.75) is 6.54 Å². The number of thiazole rings is 1. The molecular formula is C14H12N2OS2. The molecule has 2 aromatic heterocycles. The molecular weight excluding hydrogens is 276 g/mol. The third-order valence-electron chi connectivity index (χ3n) is 2.79. The normalized spacial score (nSPS) is 10.8. The van der Waals surface area contributed by atoms with E-state index in [-0.39, 0.29) is 5.91 Å². The number of hydrogen-bond donors (Lipinski definition) is 0. The van der Waals surface area contributed by atoms with Crippen LogP contribution < -0.4 is 0 Å². The monoisotopic (exact) mass is 288 g/mol. The molecule has 3 aromatic rings. The Balaban J connectivity index is 1.79. The quantitative estimate of drug-likeness (QED) is 0.737. The molecule has 1 amide bonds. The predicted octanol–water partition coefficient (Wildman–Crippen LogP) is 3.63. The van der Waals surface area contributed by atoms with E-state index in [9.17, 15) is 4.79 Å². The van der Waals surface area contributed by atoms with Crippen LogP contribution in [0.5, 0.6) is 0 Å². The van der Waals surface area contributed by atoms with E-state index in [2.05, 4.69) is 11.1 Å². The average molecular weight is 288 g/mol. The van der Waals surface area contributed by atoms with Gasteiger partial charge in [0.05, 0.1) is 21.6 Å². The highest BCUT2D eigenvalue weighted by Crippen LogP contribution is 2.23. The molecule has 2 heterocycles. The summed E-state index contributed by atoms with van der Waals surface area (Å²) in [5.74, 6) is 0.0502. The lowest BCUT2D eigenvalue weighted by molar-refractivity contribution is 0.0790. The number of amides is 1. The molecule has 3 nitrogen and oxygen atoms in total. The van der Waals surface area contributed by atoms with Gasteiger partial charge < -0.3 is 4.90 Å². The third kappa shape index (κ3) is 2.52. The molecule has 0 bridgehead atoms. The number of hydrogen-bond acceptors (Lipinski definition) is 4. The Morgan fingerprint density at radius 1 is 1.26 bits per heavy atom. The third-order valence-corrected chi connectivity index (χ3v) is 4.67. The van der Waals surface area contributed by atoms with Crippen molar-refractivity contribution in [2.75, 3.05) is 7.05 Å². The minimum absolute atomic E-state index is 0.0502. The lowest BCUT2D eigenvalue weighted by Gasteiger charge is -2.14. The van der Waals surface area contributed by atoms with Gasteiger partial charge in [-0.1, -0.05) is 18.2 Å². The van der Waals surface area contributed by atoms with Gasteiger partial charge in [0, 0.05) is 7.05 Å². The molecule has 0 spiro atoms. The number of nitrogens with zero attached hydrogens (tertiary/aromatic N) is 2. The molecule has 96 valence electrons. The maximum Gasteiger partial charge on any atom is 0.264 e. The van der Waals surface area contributed by atoms with Crippen LogP contribution in [0, 0.1) is 0 Å². The lowest BCUT2D eigenvalue weighted by Crippen LogP contribution is -2.25. The van der Waals surface area contributed by atoms with Gasteiger partial charge in [0.1, 0.15) is 5.01 Å². The standard InChI is InChI=1S/C14H12N2OS2/c1-16(14(17)12-7-4-8-18-12)9-13-15-10-5-2-3-6-11(10)19-13/h2-8H,9H2,1H3. The molecule has 0 unspecified atom stereocenters. The highest BCUT2D eigenvalue weighted by atomic mass is 32.1. The van der Waals surface area contributed by atoms with Gasteiger partial charge in [-0.05, 0) is 23.6 Å². The summed E-state index contributed by atoms with van der Waals surface area (Å²) >= 11 is 3.11. The predicted molar refractivity (Wildman–Crippen MR) is 79.7 cm³/mol. The summed E-state index contributed by atoms with van der Waals surface area (Å²) in [7, 11) is 1.81. The Kier molecular flexibility index (Phi) is 3.31. The number of fused-ring (bicyclic) bond motifs is 1. The van der Waals surface area contributed by atoms with Crippen molar-refractivity contribution in [3.63, 3.8) is 0 Å². The molecule has 0 fully saturated rings. The summed E-state index contributed by atoms with van der Waals surface area (Å²) in [5, 5.41) is 2.88. The molecule has 3 rings (SSSR count). The zero-order valence-corrected chi connectivity index (χ0v) is 12.0. The summed E-state index contributed by atoms with van der Waals surface area (Å²) in [6, 6.07) is 11.8. The fourth-order valence-electron chi connectivity index (χ4n) is 1.85. The molecule has 19 heavy (non-hydrogen) atoms. The van der Waals surface area contributed by atoms with Crippen molar-refractivity contribution >= 4 is 38.8 Å². The number of carbonyl (C=O) groups is 1. The maximum absolute atomic E-state index is 12.1. The average Bonchev–Trinajstić information content (AvgIpc) is 3.06.